The van der Waals surface area contributed by atoms with E-state index >= 15 is 0 Å². The van der Waals surface area contributed by atoms with Gasteiger partial charge in [-0.05, 0) is 61.9 Å². The van der Waals surface area contributed by atoms with Crippen LogP contribution in [0.2, 0.25) is 0 Å². The van der Waals surface area contributed by atoms with E-state index in [9.17, 15) is 18.0 Å². The number of rotatable bonds is 7. The molecule has 1 unspecified atom stereocenters. The Hall–Kier alpha value is -4.65. The Morgan fingerprint density at radius 3 is 2.33 bits per heavy atom. The van der Waals surface area contributed by atoms with Crippen LogP contribution in [-0.4, -0.2) is 66.7 Å². The van der Waals surface area contributed by atoms with Crippen LogP contribution in [0.3, 0.4) is 0 Å². The van der Waals surface area contributed by atoms with Crippen molar-refractivity contribution >= 4 is 27.5 Å². The lowest BCUT2D eigenvalue weighted by Crippen LogP contribution is -2.39. The standard InChI is InChI=1S/C27H28N6O6S/c1-17(39-27(35)28-2)24-29-14-16-31(24)18-5-7-19(8-6-18)32-15-13-22-23(26(32)34)33(30-25(22)40(4,36)37)20-9-11-21(38-3)12-10-20/h5-12,14,16-17H,13,15H2,1-4H3,(H,28,35). The van der Waals surface area contributed by atoms with Crippen molar-refractivity contribution in [1.29, 1.82) is 0 Å². The second-order valence-corrected chi connectivity index (χ2v) is 11.1. The lowest BCUT2D eigenvalue weighted by atomic mass is 10.1. The molecule has 1 atom stereocenters. The molecule has 0 saturated carbocycles. The van der Waals surface area contributed by atoms with Gasteiger partial charge in [0.25, 0.3) is 5.91 Å². The summed E-state index contributed by atoms with van der Waals surface area (Å²) in [6, 6.07) is 14.1. The van der Waals surface area contributed by atoms with Crippen molar-refractivity contribution in [3.05, 3.63) is 78.0 Å². The molecule has 5 rings (SSSR count). The maximum absolute atomic E-state index is 13.8. The topological polar surface area (TPSA) is 138 Å². The van der Waals surface area contributed by atoms with E-state index in [0.717, 1.165) is 11.9 Å². The van der Waals surface area contributed by atoms with Crippen molar-refractivity contribution in [2.24, 2.45) is 0 Å². The average molecular weight is 565 g/mol. The number of sulfone groups is 1. The molecule has 208 valence electrons. The number of nitrogens with one attached hydrogen (secondary N) is 1. The van der Waals surface area contributed by atoms with Crippen molar-refractivity contribution in [3.63, 3.8) is 0 Å². The smallest absolute Gasteiger partial charge is 0.407 e. The van der Waals surface area contributed by atoms with E-state index in [1.54, 1.807) is 72.3 Å². The van der Waals surface area contributed by atoms with Crippen LogP contribution in [0.15, 0.2) is 66.0 Å². The van der Waals surface area contributed by atoms with Crippen molar-refractivity contribution in [1.82, 2.24) is 24.6 Å². The molecule has 13 heteroatoms. The van der Waals surface area contributed by atoms with E-state index < -0.39 is 22.0 Å². The largest absolute Gasteiger partial charge is 0.497 e. The number of carbonyl (C=O) groups is 2. The molecule has 0 radical (unpaired) electrons. The normalized spacial score (nSPS) is 14.0. The highest BCUT2D eigenvalue weighted by Crippen LogP contribution is 2.32. The van der Waals surface area contributed by atoms with Gasteiger partial charge in [0.05, 0.1) is 12.8 Å². The summed E-state index contributed by atoms with van der Waals surface area (Å²) < 4.78 is 38.8. The van der Waals surface area contributed by atoms with Crippen molar-refractivity contribution < 1.29 is 27.5 Å². The van der Waals surface area contributed by atoms with Gasteiger partial charge in [-0.2, -0.15) is 5.10 Å². The number of ether oxygens (including phenoxy) is 2. The minimum atomic E-state index is -3.67. The predicted octanol–water partition coefficient (Wildman–Crippen LogP) is 3.09. The zero-order valence-corrected chi connectivity index (χ0v) is 23.2. The van der Waals surface area contributed by atoms with E-state index in [0.29, 0.717) is 34.9 Å². The third-order valence-corrected chi connectivity index (χ3v) is 7.64. The van der Waals surface area contributed by atoms with Gasteiger partial charge in [0.1, 0.15) is 11.4 Å². The molecule has 1 aliphatic rings. The van der Waals surface area contributed by atoms with Gasteiger partial charge in [-0.25, -0.2) is 22.9 Å². The second kappa shape index (κ2) is 10.5. The highest BCUT2D eigenvalue weighted by molar-refractivity contribution is 7.90. The first kappa shape index (κ1) is 26.9. The van der Waals surface area contributed by atoms with Crippen LogP contribution < -0.4 is 15.0 Å². The predicted molar refractivity (Wildman–Crippen MR) is 146 cm³/mol. The Labute approximate surface area is 231 Å². The van der Waals surface area contributed by atoms with E-state index in [4.69, 9.17) is 9.47 Å². The van der Waals surface area contributed by atoms with Gasteiger partial charge in [-0.15, -0.1) is 0 Å². The summed E-state index contributed by atoms with van der Waals surface area (Å²) in [6.45, 7) is 2.01. The molecule has 1 aliphatic heterocycles. The van der Waals surface area contributed by atoms with Crippen LogP contribution in [0.25, 0.3) is 11.4 Å². The van der Waals surface area contributed by atoms with Crippen LogP contribution in [0.5, 0.6) is 5.75 Å². The van der Waals surface area contributed by atoms with Gasteiger partial charge < -0.3 is 24.3 Å². The molecule has 40 heavy (non-hydrogen) atoms. The van der Waals surface area contributed by atoms with Crippen LogP contribution in [-0.2, 0) is 21.0 Å². The van der Waals surface area contributed by atoms with Crippen molar-refractivity contribution in [2.75, 3.05) is 31.9 Å². The summed E-state index contributed by atoms with van der Waals surface area (Å²) in [4.78, 5) is 31.4. The Bertz CT molecular complexity index is 1680. The Morgan fingerprint density at radius 2 is 1.70 bits per heavy atom. The molecule has 0 bridgehead atoms. The summed E-state index contributed by atoms with van der Waals surface area (Å²) in [5, 5.41) is 6.68. The number of aromatic nitrogens is 4. The first-order valence-corrected chi connectivity index (χ1v) is 14.3. The molecular formula is C27H28N6O6S. The summed E-state index contributed by atoms with van der Waals surface area (Å²) in [5.74, 6) is 0.798. The van der Waals surface area contributed by atoms with Crippen LogP contribution in [0.1, 0.15) is 34.9 Å². The highest BCUT2D eigenvalue weighted by atomic mass is 32.2. The fraction of sp³-hybridized carbons (Fsp3) is 0.259. The van der Waals surface area contributed by atoms with Crippen LogP contribution >= 0.6 is 0 Å². The number of hydrogen-bond acceptors (Lipinski definition) is 8. The third kappa shape index (κ3) is 4.91. The van der Waals surface area contributed by atoms with E-state index in [1.807, 2.05) is 12.1 Å². The summed E-state index contributed by atoms with van der Waals surface area (Å²) in [7, 11) is -0.642. The van der Waals surface area contributed by atoms with Crippen molar-refractivity contribution in [2.45, 2.75) is 24.5 Å². The molecular weight excluding hydrogens is 536 g/mol. The quantitative estimate of drug-likeness (QED) is 0.362. The molecule has 12 nitrogen and oxygen atoms in total. The molecule has 0 aliphatic carbocycles. The lowest BCUT2D eigenvalue weighted by molar-refractivity contribution is 0.0972. The monoisotopic (exact) mass is 564 g/mol. The molecule has 0 spiro atoms. The van der Waals surface area contributed by atoms with Gasteiger partial charge >= 0.3 is 6.09 Å². The molecule has 0 fully saturated rings. The summed E-state index contributed by atoms with van der Waals surface area (Å²) >= 11 is 0. The zero-order chi connectivity index (χ0) is 28.6. The SMILES string of the molecule is CNC(=O)OC(C)c1nccn1-c1ccc(N2CCc3c(S(C)(=O)=O)nn(-c4ccc(OC)cc4)c3C2=O)cc1. The Morgan fingerprint density at radius 1 is 1.05 bits per heavy atom. The molecule has 0 saturated heterocycles. The summed E-state index contributed by atoms with van der Waals surface area (Å²) in [6.07, 6.45) is 3.62. The molecule has 2 aromatic carbocycles. The number of fused-ring (bicyclic) bond motifs is 1. The van der Waals surface area contributed by atoms with E-state index in [-0.39, 0.29) is 23.2 Å². The molecule has 2 amide bonds. The molecule has 3 heterocycles. The second-order valence-electron chi connectivity index (χ2n) is 9.19. The number of anilines is 1. The minimum absolute atomic E-state index is 0.0950. The first-order valence-electron chi connectivity index (χ1n) is 12.4. The van der Waals surface area contributed by atoms with Crippen LogP contribution in [0.4, 0.5) is 10.5 Å². The molecule has 1 N–H and O–H groups in total. The van der Waals surface area contributed by atoms with Gasteiger partial charge in [-0.1, -0.05) is 0 Å². The van der Waals surface area contributed by atoms with Gasteiger partial charge in [0, 0.05) is 49.2 Å². The number of carbonyl (C=O) groups excluding carboxylic acids is 2. The lowest BCUT2D eigenvalue weighted by Gasteiger charge is -2.28. The Balaban J connectivity index is 1.48. The zero-order valence-electron chi connectivity index (χ0n) is 22.4. The maximum atomic E-state index is 13.8. The Kier molecular flexibility index (Phi) is 7.06. The van der Waals surface area contributed by atoms with E-state index in [1.165, 1.54) is 11.7 Å². The first-order chi connectivity index (χ1) is 19.1. The number of nitrogens with zero attached hydrogens (tertiary/aromatic N) is 5. The van der Waals surface area contributed by atoms with Crippen molar-refractivity contribution in [3.8, 4) is 17.1 Å². The number of alkyl carbamates (subject to hydrolysis) is 1. The fourth-order valence-electron chi connectivity index (χ4n) is 4.68. The fourth-order valence-corrected chi connectivity index (χ4v) is 5.56. The number of amides is 2. The van der Waals surface area contributed by atoms with Gasteiger partial charge in [0.15, 0.2) is 26.8 Å². The van der Waals surface area contributed by atoms with Gasteiger partial charge in [0.2, 0.25) is 0 Å². The number of benzene rings is 2. The van der Waals surface area contributed by atoms with Gasteiger partial charge in [-0.3, -0.25) is 4.79 Å². The number of hydrogen-bond donors (Lipinski definition) is 1. The highest BCUT2D eigenvalue weighted by Gasteiger charge is 2.36. The molecule has 2 aromatic heterocycles. The molecule has 4 aromatic rings. The van der Waals surface area contributed by atoms with E-state index in [2.05, 4.69) is 15.4 Å². The summed E-state index contributed by atoms with van der Waals surface area (Å²) in [5.41, 5.74) is 2.55. The number of methoxy groups -OCH3 is 1. The van der Waals surface area contributed by atoms with Crippen LogP contribution in [0, 0.1) is 0 Å². The average Bonchev–Trinajstić information content (AvgIpc) is 3.59. The minimum Gasteiger partial charge on any atom is -0.497 e. The third-order valence-electron chi connectivity index (χ3n) is 6.61. The number of imidazole rings is 1. The maximum Gasteiger partial charge on any atom is 0.407 e.